The van der Waals surface area contributed by atoms with Crippen molar-refractivity contribution in [2.45, 2.75) is 91.4 Å². The molecule has 2 aromatic heterocycles. The van der Waals surface area contributed by atoms with E-state index in [-0.39, 0.29) is 44.7 Å². The van der Waals surface area contributed by atoms with Crippen LogP contribution in [0.2, 0.25) is 0 Å². The van der Waals surface area contributed by atoms with Crippen molar-refractivity contribution in [2.75, 3.05) is 9.80 Å². The molecule has 0 unspecified atom stereocenters. The van der Waals surface area contributed by atoms with E-state index in [9.17, 15) is 0 Å². The summed E-state index contributed by atoms with van der Waals surface area (Å²) in [5.74, 6) is 2.36. The van der Waals surface area contributed by atoms with Crippen molar-refractivity contribution in [2.24, 2.45) is 0 Å². The summed E-state index contributed by atoms with van der Waals surface area (Å²) in [6.45, 7) is 24.9. The molecule has 0 radical (unpaired) electrons. The van der Waals surface area contributed by atoms with E-state index in [1.165, 1.54) is 27.8 Å². The Morgan fingerprint density at radius 2 is 1.26 bits per heavy atom. The summed E-state index contributed by atoms with van der Waals surface area (Å²) >= 11 is 0. The number of fused-ring (bicyclic) bond motifs is 4. The summed E-state index contributed by atoms with van der Waals surface area (Å²) < 4.78 is 9.19. The molecule has 5 nitrogen and oxygen atoms in total. The van der Waals surface area contributed by atoms with E-state index in [0.29, 0.717) is 17.4 Å². The number of ether oxygens (including phenoxy) is 1. The van der Waals surface area contributed by atoms with Crippen LogP contribution in [-0.2, 0) is 37.3 Å². The smallest absolute Gasteiger partial charge is 0.509 e. The van der Waals surface area contributed by atoms with Crippen LogP contribution < -0.4 is 14.5 Å². The van der Waals surface area contributed by atoms with Crippen molar-refractivity contribution in [3.8, 4) is 28.4 Å². The van der Waals surface area contributed by atoms with Gasteiger partial charge in [-0.15, -0.1) is 53.6 Å². The zero-order valence-corrected chi connectivity index (χ0v) is 44.0. The molecule has 0 fully saturated rings. The van der Waals surface area contributed by atoms with E-state index in [0.717, 1.165) is 61.5 Å². The second-order valence-electron chi connectivity index (χ2n) is 20.9. The Kier molecular flexibility index (Phi) is 13.4. The van der Waals surface area contributed by atoms with Gasteiger partial charge < -0.3 is 26.5 Å². The molecule has 0 atom stereocenters. The number of hydrogen-bond acceptors (Lipinski definition) is 4. The van der Waals surface area contributed by atoms with Crippen LogP contribution >= 0.6 is 0 Å². The summed E-state index contributed by atoms with van der Waals surface area (Å²) in [6.07, 6.45) is 1.91. The molecule has 0 saturated heterocycles. The van der Waals surface area contributed by atoms with Crippen molar-refractivity contribution < 1.29 is 25.8 Å². The van der Waals surface area contributed by atoms with Crippen molar-refractivity contribution >= 4 is 44.6 Å². The van der Waals surface area contributed by atoms with Crippen molar-refractivity contribution in [3.63, 3.8) is 0 Å². The van der Waals surface area contributed by atoms with Gasteiger partial charge in [-0.3, -0.25) is 0 Å². The third-order valence-corrected chi connectivity index (χ3v) is 13.5. The molecule has 350 valence electrons. The van der Waals surface area contributed by atoms with Gasteiger partial charge in [-0.05, 0) is 98.0 Å². The molecule has 69 heavy (non-hydrogen) atoms. The second-order valence-corrected chi connectivity index (χ2v) is 20.9. The summed E-state index contributed by atoms with van der Waals surface area (Å²) in [6, 6.07) is 64.2. The van der Waals surface area contributed by atoms with Crippen LogP contribution in [0.1, 0.15) is 103 Å². The molecule has 10 rings (SSSR count). The molecule has 1 aliphatic heterocycles. The van der Waals surface area contributed by atoms with Gasteiger partial charge in [0.05, 0.1) is 0 Å². The van der Waals surface area contributed by atoms with E-state index in [4.69, 9.17) is 9.72 Å². The van der Waals surface area contributed by atoms with Gasteiger partial charge in [0.2, 0.25) is 0 Å². The Hall–Kier alpha value is -6.42. The molecule has 9 aromatic rings. The minimum atomic E-state index is -0.202. The molecule has 3 heterocycles. The molecule has 0 saturated carbocycles. The van der Waals surface area contributed by atoms with Crippen LogP contribution in [0.25, 0.3) is 38.8 Å². The van der Waals surface area contributed by atoms with E-state index < -0.39 is 0 Å². The molecule has 0 bridgehead atoms. The fourth-order valence-electron chi connectivity index (χ4n) is 9.52. The van der Waals surface area contributed by atoms with Gasteiger partial charge in [-0.1, -0.05) is 166 Å². The number of para-hydroxylation sites is 1. The maximum atomic E-state index is 6.97. The van der Waals surface area contributed by atoms with E-state index in [2.05, 4.69) is 254 Å². The molecular formula is C63H62N4OPt. The Morgan fingerprint density at radius 3 is 2.01 bits per heavy atom. The van der Waals surface area contributed by atoms with Gasteiger partial charge in [0.1, 0.15) is 5.82 Å². The van der Waals surface area contributed by atoms with E-state index >= 15 is 0 Å². The summed E-state index contributed by atoms with van der Waals surface area (Å²) in [4.78, 5) is 9.51. The number of nitrogens with zero attached hydrogens (tertiary/aromatic N) is 4. The average Bonchev–Trinajstić information content (AvgIpc) is 3.87. The number of hydrogen-bond donors (Lipinski definition) is 0. The first-order chi connectivity index (χ1) is 32.0. The monoisotopic (exact) mass is 1090 g/mol. The van der Waals surface area contributed by atoms with Crippen LogP contribution in [0.3, 0.4) is 0 Å². The molecule has 0 amide bonds. The van der Waals surface area contributed by atoms with Gasteiger partial charge in [0.25, 0.3) is 0 Å². The number of anilines is 4. The molecule has 1 aliphatic rings. The van der Waals surface area contributed by atoms with Crippen molar-refractivity contribution in [1.82, 2.24) is 9.55 Å². The summed E-state index contributed by atoms with van der Waals surface area (Å²) in [5, 5.41) is 2.23. The van der Waals surface area contributed by atoms with Gasteiger partial charge in [0.15, 0.2) is 0 Å². The Morgan fingerprint density at radius 1 is 0.565 bits per heavy atom. The third-order valence-electron chi connectivity index (χ3n) is 13.5. The molecule has 0 spiro atoms. The van der Waals surface area contributed by atoms with Crippen LogP contribution in [-0.4, -0.2) is 9.55 Å². The quantitative estimate of drug-likeness (QED) is 0.135. The first kappa shape index (κ1) is 49.0. The average molecular weight is 1090 g/mol. The Bertz CT molecular complexity index is 3300. The van der Waals surface area contributed by atoms with Crippen molar-refractivity contribution in [1.29, 1.82) is 0 Å². The summed E-state index contributed by atoms with van der Waals surface area (Å²) in [7, 11) is 0. The SMILES string of the molecule is CC(C)c1ccccc1-c1cc(Oc2[c-]c3c(cc2)c2ccccc2n3-c2cc(C(C)(C)C)ccn2)[c-]c(N2[CH-]N(c3cccc(C(C)(C)c4ccccc4)c3)c3cc(C(C)(C)C)ccc32)c1.[CH3-].[Pt+4]. The number of aromatic nitrogens is 2. The summed E-state index contributed by atoms with van der Waals surface area (Å²) in [5.41, 5.74) is 14.3. The fraction of sp³-hybridized carbons (Fsp3) is 0.222. The number of benzene rings is 7. The molecule has 7 aromatic carbocycles. The predicted octanol–water partition coefficient (Wildman–Crippen LogP) is 17.1. The first-order valence-corrected chi connectivity index (χ1v) is 23.6. The molecule has 6 heteroatoms. The maximum Gasteiger partial charge on any atom is 4.00 e. The Labute approximate surface area is 425 Å². The minimum absolute atomic E-state index is 0. The van der Waals surface area contributed by atoms with Gasteiger partial charge >= 0.3 is 21.1 Å². The third kappa shape index (κ3) is 9.27. The standard InChI is InChI=1S/C62H59N4O.CH3.Pt/c1-41(2)51-23-14-15-24-52(51)42-33-48(38-50(34-42)67-49-28-29-54-53-25-16-17-26-55(53)66(57(54)39-49)59-37-45(31-32-63-59)61(6,7)8)65-40-64(58-36-44(60(3,4)5)27-30-56(58)65)47-22-18-21-46(35-47)62(9,10)43-19-12-11-13-20-43;;/h11-37,40-41H,1-10H3;1H3;/q-3;-1;+4. The van der Waals surface area contributed by atoms with Crippen molar-refractivity contribution in [3.05, 3.63) is 218 Å². The van der Waals surface area contributed by atoms with Gasteiger partial charge in [-0.25, -0.2) is 4.98 Å². The van der Waals surface area contributed by atoms with Gasteiger partial charge in [0, 0.05) is 45.7 Å². The fourth-order valence-corrected chi connectivity index (χ4v) is 9.52. The largest absolute Gasteiger partial charge is 4.00 e. The number of rotatable bonds is 9. The van der Waals surface area contributed by atoms with E-state index in [1.54, 1.807) is 0 Å². The van der Waals surface area contributed by atoms with E-state index in [1.807, 2.05) is 12.3 Å². The predicted molar refractivity (Wildman–Crippen MR) is 286 cm³/mol. The minimum Gasteiger partial charge on any atom is -0.509 e. The van der Waals surface area contributed by atoms with Crippen LogP contribution in [0.5, 0.6) is 11.5 Å². The zero-order chi connectivity index (χ0) is 46.8. The number of pyridine rings is 1. The van der Waals surface area contributed by atoms with Gasteiger partial charge in [-0.2, -0.15) is 6.07 Å². The topological polar surface area (TPSA) is 33.5 Å². The molecule has 0 N–H and O–H groups in total. The molecule has 0 aliphatic carbocycles. The normalized spacial score (nSPS) is 12.9. The second kappa shape index (κ2) is 18.8. The maximum absolute atomic E-state index is 6.97. The van der Waals surface area contributed by atoms with Crippen LogP contribution in [0, 0.1) is 26.2 Å². The van der Waals surface area contributed by atoms with Crippen LogP contribution in [0.15, 0.2) is 164 Å². The van der Waals surface area contributed by atoms with Crippen LogP contribution in [0.4, 0.5) is 22.7 Å². The molecular weight excluding hydrogens is 1020 g/mol. The zero-order valence-electron chi connectivity index (χ0n) is 41.8. The Balaban J connectivity index is 0.00000321. The first-order valence-electron chi connectivity index (χ1n) is 23.6.